The zero-order valence-electron chi connectivity index (χ0n) is 18.7. The van der Waals surface area contributed by atoms with Crippen LogP contribution in [0.25, 0.3) is 11.0 Å². The lowest BCUT2D eigenvalue weighted by molar-refractivity contribution is -0.120. The van der Waals surface area contributed by atoms with Crippen LogP contribution < -0.4 is 15.5 Å². The van der Waals surface area contributed by atoms with Crippen LogP contribution in [0.15, 0.2) is 33.5 Å². The van der Waals surface area contributed by atoms with Crippen molar-refractivity contribution in [2.24, 2.45) is 0 Å². The molecule has 2 aromatic rings. The van der Waals surface area contributed by atoms with Crippen LogP contribution in [0.2, 0.25) is 0 Å². The van der Waals surface area contributed by atoms with Gasteiger partial charge in [-0.25, -0.2) is 9.36 Å². The lowest BCUT2D eigenvalue weighted by Crippen LogP contribution is -2.26. The van der Waals surface area contributed by atoms with Crippen molar-refractivity contribution < 1.29 is 28.1 Å². The van der Waals surface area contributed by atoms with Crippen molar-refractivity contribution in [3.05, 3.63) is 40.2 Å². The number of unbranched alkanes of at least 4 members (excludes halogenated alkanes) is 9. The van der Waals surface area contributed by atoms with Crippen LogP contribution >= 0.6 is 7.82 Å². The molecular weight excluding hydrogens is 433 g/mol. The molecule has 0 aliphatic rings. The third kappa shape index (κ3) is 9.98. The lowest BCUT2D eigenvalue weighted by atomic mass is 10.1. The number of benzene rings is 1. The highest BCUT2D eigenvalue weighted by Gasteiger charge is 2.17. The van der Waals surface area contributed by atoms with Crippen LogP contribution in [-0.2, 0) is 15.8 Å². The Morgan fingerprint density at radius 1 is 1.00 bits per heavy atom. The summed E-state index contributed by atoms with van der Waals surface area (Å²) in [6, 6.07) is 5.34. The Balaban J connectivity index is 1.76. The summed E-state index contributed by atoms with van der Waals surface area (Å²) in [4.78, 5) is 42.0. The molecule has 1 heterocycles. The molecule has 0 atom stereocenters. The van der Waals surface area contributed by atoms with Crippen molar-refractivity contribution in [2.75, 3.05) is 6.54 Å². The summed E-state index contributed by atoms with van der Waals surface area (Å²) in [5.41, 5.74) is -0.0659. The van der Waals surface area contributed by atoms with Crippen LogP contribution in [0, 0.1) is 0 Å². The number of fused-ring (bicyclic) bond motifs is 1. The van der Waals surface area contributed by atoms with E-state index in [1.54, 1.807) is 0 Å². The second kappa shape index (κ2) is 13.4. The van der Waals surface area contributed by atoms with Crippen molar-refractivity contribution in [1.82, 2.24) is 5.32 Å². The van der Waals surface area contributed by atoms with E-state index in [4.69, 9.17) is 14.2 Å². The summed E-state index contributed by atoms with van der Waals surface area (Å²) < 4.78 is 20.6. The summed E-state index contributed by atoms with van der Waals surface area (Å²) >= 11 is 0. The van der Waals surface area contributed by atoms with E-state index in [0.29, 0.717) is 17.5 Å². The first-order valence-electron chi connectivity index (χ1n) is 11.4. The molecule has 2 rings (SSSR count). The molecule has 32 heavy (non-hydrogen) atoms. The summed E-state index contributed by atoms with van der Waals surface area (Å²) in [6.45, 7) is 2.82. The zero-order chi connectivity index (χ0) is 23.4. The number of phosphoric ester groups is 1. The Bertz CT molecular complexity index is 966. The van der Waals surface area contributed by atoms with E-state index in [2.05, 4.69) is 16.8 Å². The number of amides is 1. The standard InChI is InChI=1S/C23H34NO7P/c1-2-3-4-5-6-7-8-9-10-11-14-24-22(25)15-18-16-23(26)30-21-17-19(12-13-20(18)21)31-32(27,28)29/h12-13,16-17H,2-11,14-15H2,1H3,(H,24,25)(H2,27,28,29). The molecule has 1 aromatic carbocycles. The largest absolute Gasteiger partial charge is 0.524 e. The van der Waals surface area contributed by atoms with Gasteiger partial charge in [0.2, 0.25) is 5.91 Å². The van der Waals surface area contributed by atoms with Crippen molar-refractivity contribution >= 4 is 24.7 Å². The fourth-order valence-electron chi connectivity index (χ4n) is 3.63. The maximum atomic E-state index is 12.3. The summed E-state index contributed by atoms with van der Waals surface area (Å²) in [5.74, 6) is -0.320. The fourth-order valence-corrected chi connectivity index (χ4v) is 4.01. The SMILES string of the molecule is CCCCCCCCCCCCNC(=O)Cc1cc(=O)oc2cc(OP(=O)(O)O)ccc12. The molecule has 9 heteroatoms. The van der Waals surface area contributed by atoms with Gasteiger partial charge in [0.05, 0.1) is 6.42 Å². The van der Waals surface area contributed by atoms with Crippen LogP contribution in [0.5, 0.6) is 5.75 Å². The van der Waals surface area contributed by atoms with Gasteiger partial charge in [0.25, 0.3) is 0 Å². The number of nitrogens with one attached hydrogen (secondary N) is 1. The number of rotatable bonds is 15. The van der Waals surface area contributed by atoms with Gasteiger partial charge < -0.3 is 14.3 Å². The van der Waals surface area contributed by atoms with Gasteiger partial charge in [0.15, 0.2) is 0 Å². The van der Waals surface area contributed by atoms with Gasteiger partial charge >= 0.3 is 13.4 Å². The minimum atomic E-state index is -4.73. The molecule has 0 spiro atoms. The van der Waals surface area contributed by atoms with Crippen LogP contribution in [0.3, 0.4) is 0 Å². The highest BCUT2D eigenvalue weighted by Crippen LogP contribution is 2.38. The predicted octanol–water partition coefficient (Wildman–Crippen LogP) is 4.84. The monoisotopic (exact) mass is 467 g/mol. The van der Waals surface area contributed by atoms with Crippen molar-refractivity contribution in [3.8, 4) is 5.75 Å². The van der Waals surface area contributed by atoms with Gasteiger partial charge in [-0.2, -0.15) is 0 Å². The summed E-state index contributed by atoms with van der Waals surface area (Å²) in [6.07, 6.45) is 12.3. The van der Waals surface area contributed by atoms with Crippen molar-refractivity contribution in [1.29, 1.82) is 0 Å². The highest BCUT2D eigenvalue weighted by atomic mass is 31.2. The van der Waals surface area contributed by atoms with Crippen LogP contribution in [-0.4, -0.2) is 22.2 Å². The normalized spacial score (nSPS) is 11.6. The Kier molecular flexibility index (Phi) is 10.9. The van der Waals surface area contributed by atoms with E-state index < -0.39 is 13.4 Å². The number of carbonyl (C=O) groups excluding carboxylic acids is 1. The van der Waals surface area contributed by atoms with Gasteiger partial charge in [-0.3, -0.25) is 14.6 Å². The van der Waals surface area contributed by atoms with Gasteiger partial charge in [-0.15, -0.1) is 0 Å². The van der Waals surface area contributed by atoms with E-state index in [-0.39, 0.29) is 23.7 Å². The summed E-state index contributed by atoms with van der Waals surface area (Å²) in [7, 11) is -4.73. The molecule has 3 N–H and O–H groups in total. The minimum Gasteiger partial charge on any atom is -0.423 e. The first-order valence-corrected chi connectivity index (χ1v) is 12.9. The quantitative estimate of drug-likeness (QED) is 0.194. The first kappa shape index (κ1) is 26.1. The molecule has 1 amide bonds. The second-order valence-electron chi connectivity index (χ2n) is 8.04. The maximum absolute atomic E-state index is 12.3. The number of carbonyl (C=O) groups is 1. The van der Waals surface area contributed by atoms with E-state index in [1.807, 2.05) is 0 Å². The maximum Gasteiger partial charge on any atom is 0.524 e. The van der Waals surface area contributed by atoms with Crippen LogP contribution in [0.4, 0.5) is 0 Å². The number of hydrogen-bond acceptors (Lipinski definition) is 5. The number of phosphoric acid groups is 1. The molecule has 0 aliphatic heterocycles. The molecular formula is C23H34NO7P. The van der Waals surface area contributed by atoms with Gasteiger partial charge in [0, 0.05) is 24.1 Å². The Labute approximate surface area is 188 Å². The predicted molar refractivity (Wildman–Crippen MR) is 124 cm³/mol. The molecule has 0 fully saturated rings. The Morgan fingerprint density at radius 2 is 1.62 bits per heavy atom. The molecule has 8 nitrogen and oxygen atoms in total. The van der Waals surface area contributed by atoms with E-state index in [1.165, 1.54) is 75.6 Å². The van der Waals surface area contributed by atoms with Crippen molar-refractivity contribution in [2.45, 2.75) is 77.6 Å². The van der Waals surface area contributed by atoms with Gasteiger partial charge in [-0.1, -0.05) is 64.7 Å². The molecule has 0 bridgehead atoms. The minimum absolute atomic E-state index is 0.0125. The smallest absolute Gasteiger partial charge is 0.423 e. The second-order valence-corrected chi connectivity index (χ2v) is 9.20. The first-order chi connectivity index (χ1) is 15.3. The molecule has 0 saturated heterocycles. The molecule has 1 aromatic heterocycles. The molecule has 0 radical (unpaired) electrons. The van der Waals surface area contributed by atoms with E-state index in [0.717, 1.165) is 12.8 Å². The van der Waals surface area contributed by atoms with E-state index in [9.17, 15) is 14.2 Å². The van der Waals surface area contributed by atoms with Gasteiger partial charge in [0.1, 0.15) is 11.3 Å². The fraction of sp³-hybridized carbons (Fsp3) is 0.565. The molecule has 178 valence electrons. The third-order valence-corrected chi connectivity index (χ3v) is 5.68. The lowest BCUT2D eigenvalue weighted by Gasteiger charge is -2.09. The van der Waals surface area contributed by atoms with Crippen LogP contribution in [0.1, 0.15) is 76.7 Å². The highest BCUT2D eigenvalue weighted by molar-refractivity contribution is 7.46. The topological polar surface area (TPSA) is 126 Å². The average molecular weight is 467 g/mol. The van der Waals surface area contributed by atoms with E-state index >= 15 is 0 Å². The van der Waals surface area contributed by atoms with Crippen molar-refractivity contribution in [3.63, 3.8) is 0 Å². The third-order valence-electron chi connectivity index (χ3n) is 5.23. The Morgan fingerprint density at radius 3 is 2.25 bits per heavy atom. The zero-order valence-corrected chi connectivity index (χ0v) is 19.6. The molecule has 0 unspecified atom stereocenters. The number of hydrogen-bond donors (Lipinski definition) is 3. The Hall–Kier alpha value is -2.15. The summed E-state index contributed by atoms with van der Waals surface area (Å²) in [5, 5.41) is 3.39. The average Bonchev–Trinajstić information content (AvgIpc) is 2.70. The molecule has 0 saturated carbocycles. The van der Waals surface area contributed by atoms with Gasteiger partial charge in [-0.05, 0) is 24.1 Å². The molecule has 0 aliphatic carbocycles.